The van der Waals surface area contributed by atoms with Crippen LogP contribution in [-0.2, 0) is 10.0 Å². The maximum Gasteiger partial charge on any atom is 0.240 e. The minimum atomic E-state index is -3.45. The number of benzene rings is 1. The Hall–Kier alpha value is -1.27. The lowest BCUT2D eigenvalue weighted by atomic mass is 9.93. The average molecular weight is 311 g/mol. The van der Waals surface area contributed by atoms with E-state index < -0.39 is 10.0 Å². The Morgan fingerprint density at radius 2 is 2.05 bits per heavy atom. The molecule has 1 aromatic carbocycles. The highest BCUT2D eigenvalue weighted by molar-refractivity contribution is 7.89. The van der Waals surface area contributed by atoms with Crippen molar-refractivity contribution in [2.45, 2.75) is 44.0 Å². The van der Waals surface area contributed by atoms with Crippen LogP contribution < -0.4 is 15.8 Å². The third-order valence-electron chi connectivity index (χ3n) is 4.70. The Morgan fingerprint density at radius 1 is 1.33 bits per heavy atom. The van der Waals surface area contributed by atoms with E-state index in [1.807, 2.05) is 0 Å². The zero-order valence-electron chi connectivity index (χ0n) is 12.9. The first-order valence-electron chi connectivity index (χ1n) is 7.48. The van der Waals surface area contributed by atoms with Crippen molar-refractivity contribution < 1.29 is 8.42 Å². The molecule has 5 nitrogen and oxygen atoms in total. The van der Waals surface area contributed by atoms with E-state index >= 15 is 0 Å². The van der Waals surface area contributed by atoms with Crippen molar-refractivity contribution in [3.8, 4) is 0 Å². The number of sulfonamides is 1. The van der Waals surface area contributed by atoms with Gasteiger partial charge in [-0.1, -0.05) is 20.3 Å². The second-order valence-corrected chi connectivity index (χ2v) is 7.70. The van der Waals surface area contributed by atoms with Crippen LogP contribution in [0.5, 0.6) is 0 Å². The molecule has 1 aromatic rings. The zero-order valence-corrected chi connectivity index (χ0v) is 13.7. The molecule has 2 rings (SSSR count). The molecule has 0 radical (unpaired) electrons. The van der Waals surface area contributed by atoms with Gasteiger partial charge >= 0.3 is 0 Å². The Balaban J connectivity index is 2.23. The molecule has 6 heteroatoms. The van der Waals surface area contributed by atoms with Gasteiger partial charge in [-0.25, -0.2) is 13.1 Å². The predicted molar refractivity (Wildman–Crippen MR) is 86.7 cm³/mol. The van der Waals surface area contributed by atoms with Crippen molar-refractivity contribution in [2.75, 3.05) is 18.1 Å². The minimum Gasteiger partial charge on any atom is -0.397 e. The number of hydrogen-bond donors (Lipinski definition) is 3. The largest absolute Gasteiger partial charge is 0.397 e. The lowest BCUT2D eigenvalue weighted by molar-refractivity contribution is 0.392. The summed E-state index contributed by atoms with van der Waals surface area (Å²) in [5.41, 5.74) is 7.28. The van der Waals surface area contributed by atoms with Gasteiger partial charge in [0.05, 0.1) is 16.3 Å². The fourth-order valence-corrected chi connectivity index (χ4v) is 3.93. The molecule has 1 aliphatic rings. The van der Waals surface area contributed by atoms with E-state index in [2.05, 4.69) is 23.9 Å². The highest BCUT2D eigenvalue weighted by atomic mass is 32.2. The van der Waals surface area contributed by atoms with Crippen LogP contribution in [0.2, 0.25) is 0 Å². The van der Waals surface area contributed by atoms with Crippen molar-refractivity contribution >= 4 is 21.4 Å². The van der Waals surface area contributed by atoms with Gasteiger partial charge in [0.2, 0.25) is 10.0 Å². The lowest BCUT2D eigenvalue weighted by Crippen LogP contribution is -2.25. The van der Waals surface area contributed by atoms with Gasteiger partial charge in [-0.15, -0.1) is 0 Å². The van der Waals surface area contributed by atoms with Crippen LogP contribution in [0.4, 0.5) is 11.4 Å². The number of hydrogen-bond acceptors (Lipinski definition) is 4. The molecule has 0 heterocycles. The summed E-state index contributed by atoms with van der Waals surface area (Å²) in [4.78, 5) is 0.236. The Morgan fingerprint density at radius 3 is 2.62 bits per heavy atom. The Bertz CT molecular complexity index is 601. The fourth-order valence-electron chi connectivity index (χ4n) is 3.17. The highest BCUT2D eigenvalue weighted by Crippen LogP contribution is 2.36. The first-order valence-corrected chi connectivity index (χ1v) is 8.97. The fraction of sp³-hybridized carbons (Fsp3) is 0.600. The van der Waals surface area contributed by atoms with Gasteiger partial charge in [0.1, 0.15) is 0 Å². The molecular formula is C15H25N3O2S. The number of nitrogens with one attached hydrogen (secondary N) is 2. The lowest BCUT2D eigenvalue weighted by Gasteiger charge is -2.23. The summed E-state index contributed by atoms with van der Waals surface area (Å²) in [5.74, 6) is 1.30. The number of anilines is 2. The highest BCUT2D eigenvalue weighted by Gasteiger charge is 2.31. The molecule has 3 unspecified atom stereocenters. The van der Waals surface area contributed by atoms with Crippen LogP contribution in [0.15, 0.2) is 23.1 Å². The minimum absolute atomic E-state index is 0.236. The van der Waals surface area contributed by atoms with Gasteiger partial charge in [-0.2, -0.15) is 0 Å². The summed E-state index contributed by atoms with van der Waals surface area (Å²) >= 11 is 0. The summed E-state index contributed by atoms with van der Waals surface area (Å²) in [6, 6.07) is 5.14. The SMILES string of the molecule is CCC1CCC(Nc2cc(S(=O)(=O)NC)ccc2N)C1C. The van der Waals surface area contributed by atoms with Gasteiger partial charge in [-0.05, 0) is 49.9 Å². The molecule has 0 aromatic heterocycles. The molecule has 1 saturated carbocycles. The molecule has 21 heavy (non-hydrogen) atoms. The van der Waals surface area contributed by atoms with Crippen molar-refractivity contribution in [2.24, 2.45) is 11.8 Å². The molecule has 1 fully saturated rings. The van der Waals surface area contributed by atoms with Crippen LogP contribution in [0.1, 0.15) is 33.1 Å². The molecule has 0 saturated heterocycles. The van der Waals surface area contributed by atoms with Crippen LogP contribution in [0.3, 0.4) is 0 Å². The summed E-state index contributed by atoms with van der Waals surface area (Å²) < 4.78 is 26.1. The number of nitrogens with two attached hydrogens (primary N) is 1. The van der Waals surface area contributed by atoms with E-state index in [1.54, 1.807) is 12.1 Å². The first kappa shape index (κ1) is 16.1. The van der Waals surface area contributed by atoms with Gasteiger partial charge in [0.15, 0.2) is 0 Å². The molecule has 0 spiro atoms. The van der Waals surface area contributed by atoms with E-state index in [0.29, 0.717) is 23.3 Å². The van der Waals surface area contributed by atoms with Crippen molar-refractivity contribution in [3.05, 3.63) is 18.2 Å². The quantitative estimate of drug-likeness (QED) is 0.729. The van der Waals surface area contributed by atoms with Gasteiger partial charge in [-0.3, -0.25) is 0 Å². The molecule has 118 valence electrons. The van der Waals surface area contributed by atoms with Gasteiger partial charge < -0.3 is 11.1 Å². The number of nitrogen functional groups attached to an aromatic ring is 1. The first-order chi connectivity index (χ1) is 9.89. The third kappa shape index (κ3) is 3.32. The third-order valence-corrected chi connectivity index (χ3v) is 6.11. The number of rotatable bonds is 5. The second-order valence-electron chi connectivity index (χ2n) is 5.81. The van der Waals surface area contributed by atoms with Gasteiger partial charge in [0.25, 0.3) is 0 Å². The Kier molecular flexibility index (Phi) is 4.78. The summed E-state index contributed by atoms with van der Waals surface area (Å²) in [5, 5.41) is 3.44. The van der Waals surface area contributed by atoms with Crippen molar-refractivity contribution in [1.29, 1.82) is 0 Å². The molecule has 0 bridgehead atoms. The van der Waals surface area contributed by atoms with Crippen LogP contribution >= 0.6 is 0 Å². The maximum absolute atomic E-state index is 11.9. The van der Waals surface area contributed by atoms with Crippen molar-refractivity contribution in [1.82, 2.24) is 4.72 Å². The second kappa shape index (κ2) is 6.23. The summed E-state index contributed by atoms with van der Waals surface area (Å²) in [7, 11) is -2.04. The smallest absolute Gasteiger partial charge is 0.240 e. The van der Waals surface area contributed by atoms with Crippen LogP contribution in [-0.4, -0.2) is 21.5 Å². The van der Waals surface area contributed by atoms with Crippen LogP contribution in [0, 0.1) is 11.8 Å². The maximum atomic E-state index is 11.9. The van der Waals surface area contributed by atoms with E-state index in [0.717, 1.165) is 12.3 Å². The summed E-state index contributed by atoms with van der Waals surface area (Å²) in [6.45, 7) is 4.47. The average Bonchev–Trinajstić information content (AvgIpc) is 2.81. The van der Waals surface area contributed by atoms with E-state index in [-0.39, 0.29) is 4.90 Å². The predicted octanol–water partition coefficient (Wildman–Crippen LogP) is 2.41. The standard InChI is InChI=1S/C15H25N3O2S/c1-4-11-5-8-14(10(11)2)18-15-9-12(6-7-13(15)16)21(19,20)17-3/h6-7,9-11,14,17-18H,4-5,8,16H2,1-3H3. The van der Waals surface area contributed by atoms with E-state index in [1.165, 1.54) is 26.0 Å². The molecule has 3 atom stereocenters. The van der Waals surface area contributed by atoms with Crippen molar-refractivity contribution in [3.63, 3.8) is 0 Å². The van der Waals surface area contributed by atoms with E-state index in [4.69, 9.17) is 5.73 Å². The normalized spacial score (nSPS) is 26.0. The zero-order chi connectivity index (χ0) is 15.6. The monoisotopic (exact) mass is 311 g/mol. The van der Waals surface area contributed by atoms with E-state index in [9.17, 15) is 8.42 Å². The summed E-state index contributed by atoms with van der Waals surface area (Å²) in [6.07, 6.45) is 3.49. The molecule has 0 aliphatic heterocycles. The molecule has 1 aliphatic carbocycles. The van der Waals surface area contributed by atoms with Crippen LogP contribution in [0.25, 0.3) is 0 Å². The topological polar surface area (TPSA) is 84.2 Å². The molecule has 4 N–H and O–H groups in total. The van der Waals surface area contributed by atoms with Gasteiger partial charge in [0, 0.05) is 6.04 Å². The Labute approximate surface area is 127 Å². The molecule has 0 amide bonds. The molecular weight excluding hydrogens is 286 g/mol.